The summed E-state index contributed by atoms with van der Waals surface area (Å²) in [6.45, 7) is 3.57. The van der Waals surface area contributed by atoms with Gasteiger partial charge in [-0.25, -0.2) is 0 Å². The Balaban J connectivity index is 2.73. The molecule has 0 saturated carbocycles. The number of rotatable bonds is 4. The van der Waals surface area contributed by atoms with Crippen molar-refractivity contribution in [2.45, 2.75) is 11.4 Å². The second-order valence-corrected chi connectivity index (χ2v) is 4.46. The molecular formula is C10H11NO4S. The first kappa shape index (κ1) is 12.4. The minimum atomic E-state index is -4.16. The zero-order valence-electron chi connectivity index (χ0n) is 8.38. The van der Waals surface area contributed by atoms with Crippen molar-refractivity contribution in [3.05, 3.63) is 42.5 Å². The van der Waals surface area contributed by atoms with Crippen LogP contribution in [-0.2, 0) is 21.5 Å². The van der Waals surface area contributed by atoms with E-state index >= 15 is 0 Å². The van der Waals surface area contributed by atoms with E-state index < -0.39 is 10.1 Å². The molecule has 0 radical (unpaired) electrons. The molecule has 1 rings (SSSR count). The number of amides is 1. The molecule has 0 aliphatic rings. The van der Waals surface area contributed by atoms with Crippen molar-refractivity contribution in [2.24, 2.45) is 0 Å². The van der Waals surface area contributed by atoms with E-state index in [9.17, 15) is 13.2 Å². The van der Waals surface area contributed by atoms with Crippen molar-refractivity contribution in [1.29, 1.82) is 0 Å². The van der Waals surface area contributed by atoms with Crippen LogP contribution in [0.3, 0.4) is 0 Å². The van der Waals surface area contributed by atoms with Crippen LogP contribution in [0, 0.1) is 0 Å². The van der Waals surface area contributed by atoms with Gasteiger partial charge in [0.15, 0.2) is 0 Å². The van der Waals surface area contributed by atoms with Crippen LogP contribution in [0.2, 0.25) is 0 Å². The summed E-state index contributed by atoms with van der Waals surface area (Å²) in [5.41, 5.74) is 0.725. The maximum Gasteiger partial charge on any atom is 0.294 e. The number of carbonyl (C=O) groups excluding carboxylic acids is 1. The minimum Gasteiger partial charge on any atom is -0.348 e. The Hall–Kier alpha value is -1.66. The standard InChI is InChI=1S/C10H11NO4S/c1-2-10(12)11-7-8-3-5-9(6-4-8)16(13,14)15/h2-6H,1,7H2,(H,11,12)(H,13,14,15). The highest BCUT2D eigenvalue weighted by Gasteiger charge is 2.08. The summed E-state index contributed by atoms with van der Waals surface area (Å²) in [5, 5.41) is 2.54. The fraction of sp³-hybridized carbons (Fsp3) is 0.100. The molecule has 0 heterocycles. The smallest absolute Gasteiger partial charge is 0.294 e. The van der Waals surface area contributed by atoms with Crippen molar-refractivity contribution in [3.63, 3.8) is 0 Å². The van der Waals surface area contributed by atoms with Gasteiger partial charge in [0.05, 0.1) is 4.90 Å². The number of carbonyl (C=O) groups is 1. The Kier molecular flexibility index (Phi) is 3.81. The molecule has 0 atom stereocenters. The third-order valence-corrected chi connectivity index (χ3v) is 2.74. The molecule has 0 fully saturated rings. The number of hydrogen-bond acceptors (Lipinski definition) is 3. The van der Waals surface area contributed by atoms with Crippen molar-refractivity contribution >= 4 is 16.0 Å². The van der Waals surface area contributed by atoms with Crippen LogP contribution in [0.4, 0.5) is 0 Å². The predicted molar refractivity (Wildman–Crippen MR) is 58.3 cm³/mol. The first-order valence-electron chi connectivity index (χ1n) is 4.40. The molecule has 0 unspecified atom stereocenters. The lowest BCUT2D eigenvalue weighted by molar-refractivity contribution is -0.116. The van der Waals surface area contributed by atoms with Gasteiger partial charge in [-0.1, -0.05) is 18.7 Å². The molecular weight excluding hydrogens is 230 g/mol. The maximum atomic E-state index is 10.8. The Bertz CT molecular complexity index is 490. The summed E-state index contributed by atoms with van der Waals surface area (Å²) in [7, 11) is -4.16. The molecule has 0 spiro atoms. The average Bonchev–Trinajstić information content (AvgIpc) is 2.25. The molecule has 0 saturated heterocycles. The van der Waals surface area contributed by atoms with E-state index in [2.05, 4.69) is 11.9 Å². The van der Waals surface area contributed by atoms with Gasteiger partial charge in [-0.15, -0.1) is 0 Å². The molecule has 2 N–H and O–H groups in total. The van der Waals surface area contributed by atoms with E-state index in [0.717, 1.165) is 11.6 Å². The van der Waals surface area contributed by atoms with Gasteiger partial charge >= 0.3 is 0 Å². The third kappa shape index (κ3) is 3.48. The van der Waals surface area contributed by atoms with Crippen LogP contribution < -0.4 is 5.32 Å². The second kappa shape index (κ2) is 4.91. The van der Waals surface area contributed by atoms with E-state index in [1.165, 1.54) is 24.3 Å². The highest BCUT2D eigenvalue weighted by molar-refractivity contribution is 7.85. The van der Waals surface area contributed by atoms with E-state index in [0.29, 0.717) is 0 Å². The highest BCUT2D eigenvalue weighted by Crippen LogP contribution is 2.09. The molecule has 0 aliphatic heterocycles. The molecule has 1 aromatic rings. The molecule has 1 aromatic carbocycles. The first-order chi connectivity index (χ1) is 7.43. The molecule has 6 heteroatoms. The molecule has 86 valence electrons. The normalized spacial score (nSPS) is 10.8. The van der Waals surface area contributed by atoms with Crippen LogP contribution in [0.25, 0.3) is 0 Å². The van der Waals surface area contributed by atoms with E-state index in [-0.39, 0.29) is 17.3 Å². The topological polar surface area (TPSA) is 83.5 Å². The van der Waals surface area contributed by atoms with Crippen LogP contribution in [0.15, 0.2) is 41.8 Å². The largest absolute Gasteiger partial charge is 0.348 e. The number of nitrogens with one attached hydrogen (secondary N) is 1. The molecule has 16 heavy (non-hydrogen) atoms. The van der Waals surface area contributed by atoms with Gasteiger partial charge in [0, 0.05) is 6.54 Å². The Morgan fingerprint density at radius 2 is 1.94 bits per heavy atom. The van der Waals surface area contributed by atoms with E-state index in [4.69, 9.17) is 4.55 Å². The quantitative estimate of drug-likeness (QED) is 0.601. The summed E-state index contributed by atoms with van der Waals surface area (Å²) >= 11 is 0. The lowest BCUT2D eigenvalue weighted by Gasteiger charge is -2.03. The SMILES string of the molecule is C=CC(=O)NCc1ccc(S(=O)(=O)O)cc1. The van der Waals surface area contributed by atoms with Gasteiger partial charge in [-0.3, -0.25) is 9.35 Å². The summed E-state index contributed by atoms with van der Waals surface area (Å²) in [5.74, 6) is -0.307. The fourth-order valence-electron chi connectivity index (χ4n) is 1.04. The Morgan fingerprint density at radius 1 is 1.38 bits per heavy atom. The first-order valence-corrected chi connectivity index (χ1v) is 5.84. The van der Waals surface area contributed by atoms with Crippen LogP contribution in [0.5, 0.6) is 0 Å². The molecule has 1 amide bonds. The summed E-state index contributed by atoms with van der Waals surface area (Å²) < 4.78 is 30.2. The fourth-order valence-corrected chi connectivity index (χ4v) is 1.52. The zero-order valence-corrected chi connectivity index (χ0v) is 9.20. The van der Waals surface area contributed by atoms with Gasteiger partial charge in [0.2, 0.25) is 5.91 Å². The van der Waals surface area contributed by atoms with E-state index in [1.54, 1.807) is 0 Å². The van der Waals surface area contributed by atoms with Crippen LogP contribution >= 0.6 is 0 Å². The molecule has 0 aromatic heterocycles. The second-order valence-electron chi connectivity index (χ2n) is 3.04. The lowest BCUT2D eigenvalue weighted by atomic mass is 10.2. The highest BCUT2D eigenvalue weighted by atomic mass is 32.2. The van der Waals surface area contributed by atoms with Crippen molar-refractivity contribution in [3.8, 4) is 0 Å². The van der Waals surface area contributed by atoms with Gasteiger partial charge in [0.25, 0.3) is 10.1 Å². The number of hydrogen-bond donors (Lipinski definition) is 2. The monoisotopic (exact) mass is 241 g/mol. The summed E-state index contributed by atoms with van der Waals surface area (Å²) in [6, 6.07) is 5.55. The van der Waals surface area contributed by atoms with E-state index in [1.807, 2.05) is 0 Å². The Morgan fingerprint density at radius 3 is 2.38 bits per heavy atom. The minimum absolute atomic E-state index is 0.175. The van der Waals surface area contributed by atoms with Crippen molar-refractivity contribution < 1.29 is 17.8 Å². The van der Waals surface area contributed by atoms with Gasteiger partial charge in [-0.05, 0) is 23.8 Å². The molecule has 0 aliphatic carbocycles. The van der Waals surface area contributed by atoms with Crippen LogP contribution in [0.1, 0.15) is 5.56 Å². The molecule has 5 nitrogen and oxygen atoms in total. The maximum absolute atomic E-state index is 10.8. The summed E-state index contributed by atoms with van der Waals surface area (Å²) in [6.07, 6.45) is 1.15. The Labute approximate surface area is 93.5 Å². The van der Waals surface area contributed by atoms with Crippen molar-refractivity contribution in [2.75, 3.05) is 0 Å². The van der Waals surface area contributed by atoms with Gasteiger partial charge < -0.3 is 5.32 Å². The van der Waals surface area contributed by atoms with Gasteiger partial charge in [-0.2, -0.15) is 8.42 Å². The number of benzene rings is 1. The zero-order chi connectivity index (χ0) is 12.2. The average molecular weight is 241 g/mol. The van der Waals surface area contributed by atoms with Crippen LogP contribution in [-0.4, -0.2) is 18.9 Å². The summed E-state index contributed by atoms with van der Waals surface area (Å²) in [4.78, 5) is 10.7. The molecule has 0 bridgehead atoms. The van der Waals surface area contributed by atoms with Gasteiger partial charge in [0.1, 0.15) is 0 Å². The predicted octanol–water partition coefficient (Wildman–Crippen LogP) is 0.735. The third-order valence-electron chi connectivity index (χ3n) is 1.87. The van der Waals surface area contributed by atoms with Crippen molar-refractivity contribution in [1.82, 2.24) is 5.32 Å². The lowest BCUT2D eigenvalue weighted by Crippen LogP contribution is -2.19.